The minimum Gasteiger partial charge on any atom is -0.462 e. The fraction of sp³-hybridized carbons (Fsp3) is 0.526. The number of rotatable bonds is 9. The van der Waals surface area contributed by atoms with Gasteiger partial charge in [0.2, 0.25) is 9.74 Å². The fourth-order valence-electron chi connectivity index (χ4n) is 10.6. The van der Waals surface area contributed by atoms with Gasteiger partial charge >= 0.3 is 11.9 Å². The van der Waals surface area contributed by atoms with Crippen molar-refractivity contribution in [1.29, 1.82) is 0 Å². The summed E-state index contributed by atoms with van der Waals surface area (Å²) in [5.41, 5.74) is 0.963. The van der Waals surface area contributed by atoms with E-state index < -0.39 is 66.4 Å². The van der Waals surface area contributed by atoms with Gasteiger partial charge in [-0.3, -0.25) is 38.6 Å². The van der Waals surface area contributed by atoms with Gasteiger partial charge in [0.1, 0.15) is 25.5 Å². The molecule has 6 aliphatic rings. The van der Waals surface area contributed by atoms with Gasteiger partial charge in [0.25, 0.3) is 23.6 Å². The quantitative estimate of drug-likeness (QED) is 0.355. The van der Waals surface area contributed by atoms with Crippen molar-refractivity contribution in [3.8, 4) is 0 Å². The molecule has 6 aliphatic heterocycles. The van der Waals surface area contributed by atoms with E-state index in [0.717, 1.165) is 46.0 Å². The first-order valence-electron chi connectivity index (χ1n) is 18.0. The molecule has 298 valence electrons. The molecule has 0 aromatic heterocycles. The molecule has 2 N–H and O–H groups in total. The molecule has 2 aromatic rings. The standard InChI is InChI=1S/C38H44N6O8S4/c1-21(45)51-19-37(55-7)31(49)43-27-33(23-13-9-11-15-25(23)39-27,17-35(43,53-5)29(47)41(37)3)34-18-36(54-6)30(48)42(4)38(56-8,20-52-22(2)46)32(50)44(36)28(34)40-26-16-12-10-14-24(26)34/h9-16,27-28,39-40H,17-20H2,1-8H3/t27-,28-,33+,34+,35+,36+,37+,38+/m1/s1. The lowest BCUT2D eigenvalue weighted by molar-refractivity contribution is -0.169. The summed E-state index contributed by atoms with van der Waals surface area (Å²) < 4.78 is 11.0. The van der Waals surface area contributed by atoms with Crippen LogP contribution in [0.5, 0.6) is 0 Å². The van der Waals surface area contributed by atoms with E-state index >= 15 is 19.2 Å². The van der Waals surface area contributed by atoms with E-state index in [1.165, 1.54) is 47.2 Å². The Morgan fingerprint density at radius 3 is 1.30 bits per heavy atom. The van der Waals surface area contributed by atoms with Crippen LogP contribution in [0.2, 0.25) is 0 Å². The van der Waals surface area contributed by atoms with E-state index in [9.17, 15) is 9.59 Å². The number of carbonyl (C=O) groups excluding carboxylic acids is 6. The molecular formula is C38H44N6O8S4. The van der Waals surface area contributed by atoms with Crippen molar-refractivity contribution in [1.82, 2.24) is 19.6 Å². The van der Waals surface area contributed by atoms with Crippen LogP contribution in [-0.4, -0.2) is 139 Å². The van der Waals surface area contributed by atoms with Crippen molar-refractivity contribution >= 4 is 94.0 Å². The molecule has 0 saturated carbocycles. The normalized spacial score (nSPS) is 36.3. The van der Waals surface area contributed by atoms with Gasteiger partial charge in [-0.1, -0.05) is 36.4 Å². The SMILES string of the molecule is CS[C@@]1(COC(C)=O)C(=O)N2[C@H]3Nc4ccccc4[C@@]3([C@]34C[C@]5(SC)C(=O)N(C)[C@@](COC(C)=O)(SC)C(=O)N5[C@H]3Nc3ccccc34)C[C@]2(SC)C(=O)N1C. The molecule has 0 bridgehead atoms. The average Bonchev–Trinajstić information content (AvgIpc) is 3.88. The van der Waals surface area contributed by atoms with Gasteiger partial charge < -0.3 is 29.9 Å². The topological polar surface area (TPSA) is 158 Å². The van der Waals surface area contributed by atoms with Crippen LogP contribution >= 0.6 is 47.0 Å². The first kappa shape index (κ1) is 39.1. The van der Waals surface area contributed by atoms with Gasteiger partial charge in [-0.2, -0.15) is 0 Å². The molecule has 0 aliphatic carbocycles. The fourth-order valence-corrected chi connectivity index (χ4v) is 14.4. The second-order valence-corrected chi connectivity index (χ2v) is 19.4. The van der Waals surface area contributed by atoms with Crippen LogP contribution in [0, 0.1) is 0 Å². The summed E-state index contributed by atoms with van der Waals surface area (Å²) in [6, 6.07) is 15.6. The zero-order valence-electron chi connectivity index (χ0n) is 32.3. The summed E-state index contributed by atoms with van der Waals surface area (Å²) in [7, 11) is 3.17. The number of nitrogens with zero attached hydrogens (tertiary/aromatic N) is 4. The summed E-state index contributed by atoms with van der Waals surface area (Å²) >= 11 is 4.85. The third-order valence-electron chi connectivity index (χ3n) is 13.2. The zero-order chi connectivity index (χ0) is 40.4. The molecule has 0 radical (unpaired) electrons. The molecule has 0 unspecified atom stereocenters. The first-order valence-corrected chi connectivity index (χ1v) is 22.9. The van der Waals surface area contributed by atoms with Crippen LogP contribution in [0.4, 0.5) is 11.4 Å². The largest absolute Gasteiger partial charge is 0.462 e. The predicted octanol–water partition coefficient (Wildman–Crippen LogP) is 3.14. The lowest BCUT2D eigenvalue weighted by Crippen LogP contribution is -2.75. The molecule has 6 heterocycles. The third-order valence-corrected chi connectivity index (χ3v) is 18.1. The Morgan fingerprint density at radius 1 is 0.625 bits per heavy atom. The lowest BCUT2D eigenvalue weighted by atomic mass is 9.54. The number of ether oxygens (including phenoxy) is 2. The van der Waals surface area contributed by atoms with E-state index in [4.69, 9.17) is 9.47 Å². The maximum atomic E-state index is 15.5. The highest BCUT2D eigenvalue weighted by atomic mass is 32.2. The van der Waals surface area contributed by atoms with Gasteiger partial charge in [0, 0.05) is 52.2 Å². The smallest absolute Gasteiger partial charge is 0.302 e. The molecule has 0 spiro atoms. The molecule has 2 aromatic carbocycles. The highest BCUT2D eigenvalue weighted by molar-refractivity contribution is 8.02. The number of esters is 2. The molecule has 4 fully saturated rings. The summed E-state index contributed by atoms with van der Waals surface area (Å²) in [4.78, 5) is 86.2. The van der Waals surface area contributed by atoms with E-state index in [2.05, 4.69) is 10.6 Å². The number of fused-ring (bicyclic) bond motifs is 11. The molecule has 18 heteroatoms. The van der Waals surface area contributed by atoms with E-state index in [1.54, 1.807) is 36.4 Å². The maximum absolute atomic E-state index is 15.5. The number of piperazine rings is 2. The number of hydrogen-bond acceptors (Lipinski definition) is 14. The Hall–Kier alpha value is -3.74. The van der Waals surface area contributed by atoms with Crippen LogP contribution in [0.25, 0.3) is 0 Å². The second-order valence-electron chi connectivity index (χ2n) is 15.1. The van der Waals surface area contributed by atoms with Crippen LogP contribution in [0.3, 0.4) is 0 Å². The van der Waals surface area contributed by atoms with Crippen LogP contribution in [-0.2, 0) is 49.1 Å². The molecule has 8 atom stereocenters. The van der Waals surface area contributed by atoms with Crippen molar-refractivity contribution in [3.05, 3.63) is 59.7 Å². The number of hydrogen-bond donors (Lipinski definition) is 2. The zero-order valence-corrected chi connectivity index (χ0v) is 35.6. The Kier molecular flexibility index (Phi) is 8.99. The Labute approximate surface area is 342 Å². The number of carbonyl (C=O) groups is 6. The van der Waals surface area contributed by atoms with Crippen molar-refractivity contribution in [2.24, 2.45) is 0 Å². The summed E-state index contributed by atoms with van der Waals surface area (Å²) in [6.45, 7) is 1.83. The van der Waals surface area contributed by atoms with Gasteiger partial charge in [-0.15, -0.1) is 47.0 Å². The highest BCUT2D eigenvalue weighted by Gasteiger charge is 2.85. The highest BCUT2D eigenvalue weighted by Crippen LogP contribution is 2.74. The number of benzene rings is 2. The third kappa shape index (κ3) is 4.36. The van der Waals surface area contributed by atoms with E-state index in [0.29, 0.717) is 0 Å². The number of nitrogens with one attached hydrogen (secondary N) is 2. The summed E-state index contributed by atoms with van der Waals surface area (Å²) in [6.07, 6.45) is 5.65. The number of para-hydroxylation sites is 2. The number of thioether (sulfide) groups is 4. The van der Waals surface area contributed by atoms with Crippen molar-refractivity contribution in [3.63, 3.8) is 0 Å². The Balaban J connectivity index is 1.43. The van der Waals surface area contributed by atoms with Crippen molar-refractivity contribution < 1.29 is 38.2 Å². The van der Waals surface area contributed by atoms with Gasteiger partial charge in [0.05, 0.1) is 10.8 Å². The predicted molar refractivity (Wildman–Crippen MR) is 218 cm³/mol. The summed E-state index contributed by atoms with van der Waals surface area (Å²) in [5, 5.41) is 7.43. The van der Waals surface area contributed by atoms with E-state index in [1.807, 2.05) is 61.0 Å². The molecule has 4 amide bonds. The van der Waals surface area contributed by atoms with Crippen LogP contribution in [0.1, 0.15) is 37.8 Å². The second kappa shape index (κ2) is 12.9. The number of anilines is 2. The number of amides is 4. The van der Waals surface area contributed by atoms with Crippen LogP contribution in [0.15, 0.2) is 48.5 Å². The average molecular weight is 841 g/mol. The Morgan fingerprint density at radius 2 is 0.982 bits per heavy atom. The first-order chi connectivity index (χ1) is 26.6. The minimum absolute atomic E-state index is 0.132. The van der Waals surface area contributed by atoms with E-state index in [-0.39, 0.29) is 37.9 Å². The molecular weight excluding hydrogens is 797 g/mol. The van der Waals surface area contributed by atoms with Crippen LogP contribution < -0.4 is 10.6 Å². The Bertz CT molecular complexity index is 1970. The van der Waals surface area contributed by atoms with Crippen molar-refractivity contribution in [2.75, 3.05) is 63.0 Å². The monoisotopic (exact) mass is 840 g/mol. The lowest BCUT2D eigenvalue weighted by Gasteiger charge is -2.53. The van der Waals surface area contributed by atoms with Gasteiger partial charge in [0.15, 0.2) is 9.74 Å². The van der Waals surface area contributed by atoms with Gasteiger partial charge in [-0.25, -0.2) is 0 Å². The molecule has 56 heavy (non-hydrogen) atoms. The minimum atomic E-state index is -1.58. The maximum Gasteiger partial charge on any atom is 0.302 e. The number of likely N-dealkylation sites (N-methyl/N-ethyl adjacent to an activating group) is 2. The van der Waals surface area contributed by atoms with Crippen molar-refractivity contribution in [2.45, 2.75) is 69.3 Å². The van der Waals surface area contributed by atoms with Gasteiger partial charge in [-0.05, 0) is 48.3 Å². The summed E-state index contributed by atoms with van der Waals surface area (Å²) in [5.74, 6) is -2.59. The molecule has 4 saturated heterocycles. The molecule has 14 nitrogen and oxygen atoms in total. The molecule has 8 rings (SSSR count).